The zero-order chi connectivity index (χ0) is 9.10. The van der Waals surface area contributed by atoms with Crippen molar-refractivity contribution in [2.45, 2.75) is 18.8 Å². The van der Waals surface area contributed by atoms with Crippen LogP contribution in [0.25, 0.3) is 6.08 Å². The van der Waals surface area contributed by atoms with E-state index in [1.165, 1.54) is 11.1 Å². The molecule has 0 saturated heterocycles. The first-order valence-electron chi connectivity index (χ1n) is 4.62. The molecule has 1 aromatic carbocycles. The Bertz CT molecular complexity index is 366. The van der Waals surface area contributed by atoms with E-state index in [1.54, 1.807) is 0 Å². The third-order valence-corrected chi connectivity index (χ3v) is 2.50. The van der Waals surface area contributed by atoms with Gasteiger partial charge in [-0.2, -0.15) is 0 Å². The summed E-state index contributed by atoms with van der Waals surface area (Å²) in [6, 6.07) is 8.51. The lowest BCUT2D eigenvalue weighted by molar-refractivity contribution is 0.771. The summed E-state index contributed by atoms with van der Waals surface area (Å²) in [4.78, 5) is 0. The molecule has 1 unspecified atom stereocenters. The Kier molecular flexibility index (Phi) is 2.19. The molecule has 0 amide bonds. The normalized spacial score (nSPS) is 18.2. The highest BCUT2D eigenvalue weighted by molar-refractivity contribution is 5.62. The number of benzene rings is 1. The minimum Gasteiger partial charge on any atom is -0.120 e. The summed E-state index contributed by atoms with van der Waals surface area (Å²) in [5.41, 5.74) is 2.78. The molecule has 0 spiro atoms. The van der Waals surface area contributed by atoms with Crippen LogP contribution in [0.2, 0.25) is 0 Å². The molecule has 0 heterocycles. The molecule has 64 valence electrons. The molecule has 0 aliphatic heterocycles. The second kappa shape index (κ2) is 3.49. The van der Waals surface area contributed by atoms with E-state index in [4.69, 9.17) is 6.42 Å². The summed E-state index contributed by atoms with van der Waals surface area (Å²) in [6.07, 6.45) is 11.6. The summed E-state index contributed by atoms with van der Waals surface area (Å²) >= 11 is 0. The molecule has 0 fully saturated rings. The van der Waals surface area contributed by atoms with Gasteiger partial charge in [0.15, 0.2) is 0 Å². The van der Waals surface area contributed by atoms with Crippen LogP contribution in [0.1, 0.15) is 29.9 Å². The van der Waals surface area contributed by atoms with Crippen LogP contribution in [0.3, 0.4) is 0 Å². The molecule has 1 aliphatic rings. The van der Waals surface area contributed by atoms with Crippen LogP contribution in [0.15, 0.2) is 30.3 Å². The van der Waals surface area contributed by atoms with Gasteiger partial charge in [0.25, 0.3) is 0 Å². The molecule has 13 heavy (non-hydrogen) atoms. The van der Waals surface area contributed by atoms with Gasteiger partial charge in [-0.05, 0) is 17.5 Å². The zero-order valence-corrected chi connectivity index (χ0v) is 7.53. The first kappa shape index (κ1) is 8.13. The predicted octanol–water partition coefficient (Wildman–Crippen LogP) is 3.21. The molecule has 0 nitrogen and oxygen atoms in total. The van der Waals surface area contributed by atoms with Gasteiger partial charge in [-0.25, -0.2) is 0 Å². The van der Waals surface area contributed by atoms with Crippen LogP contribution in [0.4, 0.5) is 0 Å². The highest BCUT2D eigenvalue weighted by Crippen LogP contribution is 2.32. The summed E-state index contributed by atoms with van der Waals surface area (Å²) in [6.45, 7) is 0. The molecule has 2 rings (SSSR count). The average Bonchev–Trinajstić information content (AvgIpc) is 2.58. The Hall–Kier alpha value is -1.48. The molecule has 1 atom stereocenters. The van der Waals surface area contributed by atoms with Gasteiger partial charge in [-0.1, -0.05) is 36.4 Å². The highest BCUT2D eigenvalue weighted by Gasteiger charge is 2.14. The minimum atomic E-state index is 0.548. The van der Waals surface area contributed by atoms with E-state index in [0.29, 0.717) is 5.92 Å². The fourth-order valence-electron chi connectivity index (χ4n) is 1.81. The van der Waals surface area contributed by atoms with Crippen molar-refractivity contribution in [1.82, 2.24) is 0 Å². The molecular formula is C13H12. The van der Waals surface area contributed by atoms with Gasteiger partial charge in [0.2, 0.25) is 0 Å². The fraction of sp³-hybridized carbons (Fsp3) is 0.231. The van der Waals surface area contributed by atoms with E-state index in [-0.39, 0.29) is 0 Å². The van der Waals surface area contributed by atoms with Crippen LogP contribution < -0.4 is 0 Å². The first-order chi connectivity index (χ1) is 6.42. The molecule has 1 aliphatic carbocycles. The number of fused-ring (bicyclic) bond motifs is 1. The lowest BCUT2D eigenvalue weighted by Gasteiger charge is -2.07. The van der Waals surface area contributed by atoms with Crippen molar-refractivity contribution in [2.75, 3.05) is 0 Å². The lowest BCUT2D eigenvalue weighted by atomic mass is 9.96. The molecule has 0 heteroatoms. The molecule has 0 aromatic heterocycles. The Morgan fingerprint density at radius 1 is 1.31 bits per heavy atom. The Balaban J connectivity index is 2.19. The van der Waals surface area contributed by atoms with Gasteiger partial charge in [0, 0.05) is 12.3 Å². The number of terminal acetylenes is 1. The van der Waals surface area contributed by atoms with Crippen LogP contribution >= 0.6 is 0 Å². The van der Waals surface area contributed by atoms with Crippen LogP contribution in [0, 0.1) is 12.3 Å². The van der Waals surface area contributed by atoms with E-state index < -0.39 is 0 Å². The van der Waals surface area contributed by atoms with E-state index in [1.807, 2.05) is 0 Å². The number of hydrogen-bond donors (Lipinski definition) is 0. The van der Waals surface area contributed by atoms with Crippen molar-refractivity contribution in [3.05, 3.63) is 41.5 Å². The largest absolute Gasteiger partial charge is 0.120 e. The third-order valence-electron chi connectivity index (χ3n) is 2.50. The molecule has 0 radical (unpaired) electrons. The van der Waals surface area contributed by atoms with E-state index in [0.717, 1.165) is 12.8 Å². The summed E-state index contributed by atoms with van der Waals surface area (Å²) in [5, 5.41) is 0. The monoisotopic (exact) mass is 168 g/mol. The van der Waals surface area contributed by atoms with E-state index in [9.17, 15) is 0 Å². The summed E-state index contributed by atoms with van der Waals surface area (Å²) in [5.74, 6) is 3.24. The van der Waals surface area contributed by atoms with Crippen molar-refractivity contribution in [2.24, 2.45) is 0 Å². The van der Waals surface area contributed by atoms with E-state index in [2.05, 4.69) is 42.3 Å². The van der Waals surface area contributed by atoms with Crippen LogP contribution in [0.5, 0.6) is 0 Å². The summed E-state index contributed by atoms with van der Waals surface area (Å²) < 4.78 is 0. The Morgan fingerprint density at radius 2 is 2.15 bits per heavy atom. The molecule has 0 N–H and O–H groups in total. The number of allylic oxidation sites excluding steroid dienone is 1. The predicted molar refractivity (Wildman–Crippen MR) is 56.3 cm³/mol. The van der Waals surface area contributed by atoms with E-state index >= 15 is 0 Å². The van der Waals surface area contributed by atoms with Crippen molar-refractivity contribution in [3.63, 3.8) is 0 Å². The van der Waals surface area contributed by atoms with Crippen LogP contribution in [-0.4, -0.2) is 0 Å². The van der Waals surface area contributed by atoms with Gasteiger partial charge in [-0.15, -0.1) is 12.3 Å². The summed E-state index contributed by atoms with van der Waals surface area (Å²) in [7, 11) is 0. The van der Waals surface area contributed by atoms with Gasteiger partial charge in [-0.3, -0.25) is 0 Å². The standard InChI is InChI=1S/C13H12/c1-2-3-6-11-9-10-12-7-4-5-8-13(11)12/h1,4-5,7-11H,3,6H2. The second-order valence-electron chi connectivity index (χ2n) is 3.34. The minimum absolute atomic E-state index is 0.548. The maximum absolute atomic E-state index is 5.25. The van der Waals surface area contributed by atoms with Gasteiger partial charge in [0.1, 0.15) is 0 Å². The van der Waals surface area contributed by atoms with Crippen molar-refractivity contribution in [3.8, 4) is 12.3 Å². The maximum atomic E-state index is 5.25. The smallest absolute Gasteiger partial charge is 0.00948 e. The molecule has 1 aromatic rings. The van der Waals surface area contributed by atoms with Gasteiger partial charge in [0.05, 0.1) is 0 Å². The molecule has 0 saturated carbocycles. The number of rotatable bonds is 2. The maximum Gasteiger partial charge on any atom is 0.00948 e. The fourth-order valence-corrected chi connectivity index (χ4v) is 1.81. The molecule has 0 bridgehead atoms. The first-order valence-corrected chi connectivity index (χ1v) is 4.62. The lowest BCUT2D eigenvalue weighted by Crippen LogP contribution is -1.91. The van der Waals surface area contributed by atoms with Gasteiger partial charge < -0.3 is 0 Å². The van der Waals surface area contributed by atoms with Crippen LogP contribution in [-0.2, 0) is 0 Å². The quantitative estimate of drug-likeness (QED) is 0.595. The van der Waals surface area contributed by atoms with Crippen molar-refractivity contribution < 1.29 is 0 Å². The highest BCUT2D eigenvalue weighted by atomic mass is 14.2. The Morgan fingerprint density at radius 3 is 3.00 bits per heavy atom. The zero-order valence-electron chi connectivity index (χ0n) is 7.53. The molecular weight excluding hydrogens is 156 g/mol. The average molecular weight is 168 g/mol. The third kappa shape index (κ3) is 1.51. The second-order valence-corrected chi connectivity index (χ2v) is 3.34. The van der Waals surface area contributed by atoms with Crippen molar-refractivity contribution >= 4 is 6.08 Å². The Labute approximate surface area is 79.3 Å². The SMILES string of the molecule is C#CCCC1C=Cc2ccccc21. The number of hydrogen-bond acceptors (Lipinski definition) is 0. The van der Waals surface area contributed by atoms with Gasteiger partial charge >= 0.3 is 0 Å². The topological polar surface area (TPSA) is 0 Å². The van der Waals surface area contributed by atoms with Crippen molar-refractivity contribution in [1.29, 1.82) is 0 Å².